The zero-order valence-electron chi connectivity index (χ0n) is 16.7. The number of nitrogens with zero attached hydrogens (tertiary/aromatic N) is 3. The molecule has 0 radical (unpaired) electrons. The number of carbonyl (C=O) groups excluding carboxylic acids is 1. The number of hydrogen-bond acceptors (Lipinski definition) is 5. The fourth-order valence-corrected chi connectivity index (χ4v) is 4.59. The van der Waals surface area contributed by atoms with Gasteiger partial charge < -0.3 is 9.32 Å². The first kappa shape index (κ1) is 19.9. The topological polar surface area (TPSA) is 59.2 Å². The summed E-state index contributed by atoms with van der Waals surface area (Å²) in [6.07, 6.45) is 5.96. The molecule has 1 saturated carbocycles. The van der Waals surface area contributed by atoms with Crippen LogP contribution in [0.2, 0.25) is 0 Å². The van der Waals surface area contributed by atoms with E-state index in [0.29, 0.717) is 22.9 Å². The third kappa shape index (κ3) is 5.12. The minimum Gasteiger partial charge on any atom is -0.411 e. The van der Waals surface area contributed by atoms with E-state index in [0.717, 1.165) is 29.5 Å². The van der Waals surface area contributed by atoms with Crippen LogP contribution in [0.4, 0.5) is 0 Å². The molecule has 0 spiro atoms. The van der Waals surface area contributed by atoms with Crippen LogP contribution in [0.1, 0.15) is 57.1 Å². The van der Waals surface area contributed by atoms with Crippen LogP contribution in [0.3, 0.4) is 0 Å². The molecule has 146 valence electrons. The summed E-state index contributed by atoms with van der Waals surface area (Å²) in [5, 5.41) is 8.72. The number of benzene rings is 1. The Labute approximate surface area is 165 Å². The van der Waals surface area contributed by atoms with Gasteiger partial charge in [-0.2, -0.15) is 0 Å². The first-order chi connectivity index (χ1) is 12.9. The van der Waals surface area contributed by atoms with Gasteiger partial charge in [0.15, 0.2) is 0 Å². The summed E-state index contributed by atoms with van der Waals surface area (Å²) in [5.74, 6) is 1.00. The molecular formula is C21H29N3O2S. The lowest BCUT2D eigenvalue weighted by Gasteiger charge is -2.37. The van der Waals surface area contributed by atoms with Crippen molar-refractivity contribution in [3.05, 3.63) is 29.3 Å². The lowest BCUT2D eigenvalue weighted by molar-refractivity contribution is -0.133. The number of rotatable bonds is 6. The summed E-state index contributed by atoms with van der Waals surface area (Å²) in [6, 6.07) is 6.77. The van der Waals surface area contributed by atoms with Gasteiger partial charge in [-0.3, -0.25) is 4.79 Å². The SMILES string of the molecule is Cc1cc(C)cc(-c2nnc(SCC(=O)N(C(C)C)C3CCCCC3)o2)c1. The summed E-state index contributed by atoms with van der Waals surface area (Å²) in [6.45, 7) is 8.30. The third-order valence-electron chi connectivity index (χ3n) is 5.01. The number of amides is 1. The number of thioether (sulfide) groups is 1. The molecule has 0 saturated heterocycles. The van der Waals surface area contributed by atoms with Crippen LogP contribution in [0.15, 0.2) is 27.8 Å². The van der Waals surface area contributed by atoms with Gasteiger partial charge in [-0.15, -0.1) is 10.2 Å². The molecule has 2 aromatic rings. The molecule has 5 nitrogen and oxygen atoms in total. The second-order valence-corrected chi connectivity index (χ2v) is 8.65. The molecule has 6 heteroatoms. The molecule has 3 rings (SSSR count). The Morgan fingerprint density at radius 1 is 1.15 bits per heavy atom. The standard InChI is InChI=1S/C21H29N3O2S/c1-14(2)24(18-8-6-5-7-9-18)19(25)13-27-21-23-22-20(26-21)17-11-15(3)10-16(4)12-17/h10-12,14,18H,5-9,13H2,1-4H3. The lowest BCUT2D eigenvalue weighted by Crippen LogP contribution is -2.46. The first-order valence-corrected chi connectivity index (χ1v) is 10.8. The van der Waals surface area contributed by atoms with E-state index >= 15 is 0 Å². The highest BCUT2D eigenvalue weighted by Crippen LogP contribution is 2.28. The van der Waals surface area contributed by atoms with Crippen molar-refractivity contribution >= 4 is 17.7 Å². The van der Waals surface area contributed by atoms with Crippen molar-refractivity contribution in [3.8, 4) is 11.5 Å². The van der Waals surface area contributed by atoms with Crippen molar-refractivity contribution in [1.82, 2.24) is 15.1 Å². The Kier molecular flexibility index (Phi) is 6.58. The van der Waals surface area contributed by atoms with Crippen LogP contribution in [0.5, 0.6) is 0 Å². The summed E-state index contributed by atoms with van der Waals surface area (Å²) >= 11 is 1.33. The highest BCUT2D eigenvalue weighted by atomic mass is 32.2. The Hall–Kier alpha value is -1.82. The van der Waals surface area contributed by atoms with Crippen molar-refractivity contribution in [2.75, 3.05) is 5.75 Å². The monoisotopic (exact) mass is 387 g/mol. The van der Waals surface area contributed by atoms with E-state index in [1.165, 1.54) is 31.0 Å². The third-order valence-corrected chi connectivity index (χ3v) is 5.81. The maximum absolute atomic E-state index is 12.8. The molecular weight excluding hydrogens is 358 g/mol. The number of carbonyl (C=O) groups is 1. The van der Waals surface area contributed by atoms with Crippen molar-refractivity contribution in [3.63, 3.8) is 0 Å². The molecule has 0 atom stereocenters. The summed E-state index contributed by atoms with van der Waals surface area (Å²) < 4.78 is 5.79. The van der Waals surface area contributed by atoms with E-state index in [1.807, 2.05) is 26.0 Å². The van der Waals surface area contributed by atoms with Gasteiger partial charge in [0.05, 0.1) is 5.75 Å². The van der Waals surface area contributed by atoms with Crippen LogP contribution in [-0.4, -0.2) is 38.8 Å². The van der Waals surface area contributed by atoms with Crippen LogP contribution in [0, 0.1) is 13.8 Å². The minimum atomic E-state index is 0.160. The van der Waals surface area contributed by atoms with Crippen LogP contribution < -0.4 is 0 Å². The molecule has 0 unspecified atom stereocenters. The van der Waals surface area contributed by atoms with Gasteiger partial charge in [-0.05, 0) is 52.7 Å². The molecule has 0 N–H and O–H groups in total. The molecule has 1 aliphatic carbocycles. The molecule has 1 fully saturated rings. The van der Waals surface area contributed by atoms with Gasteiger partial charge in [-0.1, -0.05) is 48.2 Å². The smallest absolute Gasteiger partial charge is 0.277 e. The summed E-state index contributed by atoms with van der Waals surface area (Å²) in [7, 11) is 0. The molecule has 1 aliphatic rings. The highest BCUT2D eigenvalue weighted by Gasteiger charge is 2.27. The molecule has 1 amide bonds. The zero-order valence-corrected chi connectivity index (χ0v) is 17.5. The summed E-state index contributed by atoms with van der Waals surface area (Å²) in [5.41, 5.74) is 3.24. The Bertz CT molecular complexity index is 761. The van der Waals surface area contributed by atoms with Crippen LogP contribution >= 0.6 is 11.8 Å². The molecule has 27 heavy (non-hydrogen) atoms. The van der Waals surface area contributed by atoms with Gasteiger partial charge in [0.25, 0.3) is 5.22 Å². The van der Waals surface area contributed by atoms with E-state index < -0.39 is 0 Å². The van der Waals surface area contributed by atoms with Gasteiger partial charge in [-0.25, -0.2) is 0 Å². The molecule has 0 bridgehead atoms. The number of aryl methyl sites for hydroxylation is 2. The van der Waals surface area contributed by atoms with Gasteiger partial charge in [0.1, 0.15) is 0 Å². The second-order valence-electron chi connectivity index (χ2n) is 7.72. The average molecular weight is 388 g/mol. The van der Waals surface area contributed by atoms with Crippen LogP contribution in [-0.2, 0) is 4.79 Å². The fraction of sp³-hybridized carbons (Fsp3) is 0.571. The second kappa shape index (κ2) is 8.91. The van der Waals surface area contributed by atoms with Crippen molar-refractivity contribution in [1.29, 1.82) is 0 Å². The van der Waals surface area contributed by atoms with E-state index in [9.17, 15) is 4.79 Å². The maximum atomic E-state index is 12.8. The maximum Gasteiger partial charge on any atom is 0.277 e. The Morgan fingerprint density at radius 2 is 1.81 bits per heavy atom. The Morgan fingerprint density at radius 3 is 2.44 bits per heavy atom. The number of hydrogen-bond donors (Lipinski definition) is 0. The molecule has 1 aromatic carbocycles. The molecule has 1 heterocycles. The largest absolute Gasteiger partial charge is 0.411 e. The van der Waals surface area contributed by atoms with E-state index in [-0.39, 0.29) is 11.9 Å². The van der Waals surface area contributed by atoms with Gasteiger partial charge in [0, 0.05) is 17.6 Å². The molecule has 0 aliphatic heterocycles. The van der Waals surface area contributed by atoms with E-state index in [1.54, 1.807) is 0 Å². The normalized spacial score (nSPS) is 15.3. The lowest BCUT2D eigenvalue weighted by atomic mass is 9.93. The van der Waals surface area contributed by atoms with Gasteiger partial charge >= 0.3 is 0 Å². The van der Waals surface area contributed by atoms with Crippen LogP contribution in [0.25, 0.3) is 11.5 Å². The highest BCUT2D eigenvalue weighted by molar-refractivity contribution is 7.99. The quantitative estimate of drug-likeness (QED) is 0.652. The predicted molar refractivity (Wildman–Crippen MR) is 109 cm³/mol. The average Bonchev–Trinajstić information content (AvgIpc) is 3.09. The minimum absolute atomic E-state index is 0.160. The summed E-state index contributed by atoms with van der Waals surface area (Å²) in [4.78, 5) is 14.9. The van der Waals surface area contributed by atoms with E-state index in [2.05, 4.69) is 35.0 Å². The zero-order chi connectivity index (χ0) is 19.4. The van der Waals surface area contributed by atoms with E-state index in [4.69, 9.17) is 4.42 Å². The van der Waals surface area contributed by atoms with Crippen molar-refractivity contribution in [2.45, 2.75) is 77.1 Å². The van der Waals surface area contributed by atoms with Gasteiger partial charge in [0.2, 0.25) is 11.8 Å². The Balaban J connectivity index is 1.64. The fourth-order valence-electron chi connectivity index (χ4n) is 3.95. The molecule has 1 aromatic heterocycles. The first-order valence-electron chi connectivity index (χ1n) is 9.80. The number of aromatic nitrogens is 2. The predicted octanol–water partition coefficient (Wildman–Crippen LogP) is 5.02. The van der Waals surface area contributed by atoms with Crippen molar-refractivity contribution < 1.29 is 9.21 Å². The van der Waals surface area contributed by atoms with Crippen molar-refractivity contribution in [2.24, 2.45) is 0 Å².